The molecule has 0 amide bonds. The fourth-order valence-corrected chi connectivity index (χ4v) is 2.05. The van der Waals surface area contributed by atoms with Gasteiger partial charge in [-0.15, -0.1) is 0 Å². The van der Waals surface area contributed by atoms with Crippen LogP contribution >= 0.6 is 0 Å². The first-order valence-corrected chi connectivity index (χ1v) is 6.88. The molecule has 1 N–H and O–H groups in total. The van der Waals surface area contributed by atoms with Crippen molar-refractivity contribution in [2.45, 2.75) is 38.5 Å². The minimum absolute atomic E-state index is 0.153. The van der Waals surface area contributed by atoms with Crippen molar-refractivity contribution in [3.8, 4) is 0 Å². The van der Waals surface area contributed by atoms with E-state index in [1.54, 1.807) is 12.1 Å². The molecule has 0 spiro atoms. The van der Waals surface area contributed by atoms with Crippen LogP contribution in [0.15, 0.2) is 48.6 Å². The zero-order valence-electron chi connectivity index (χ0n) is 11.8. The van der Waals surface area contributed by atoms with Crippen LogP contribution < -0.4 is 0 Å². The Hall–Kier alpha value is -1.90. The van der Waals surface area contributed by atoms with Crippen LogP contribution in [0.25, 0.3) is 0 Å². The summed E-state index contributed by atoms with van der Waals surface area (Å²) in [6.45, 7) is 5.76. The summed E-state index contributed by atoms with van der Waals surface area (Å²) in [5.74, 6) is -1.60. The van der Waals surface area contributed by atoms with Gasteiger partial charge < -0.3 is 5.11 Å². The highest BCUT2D eigenvalue weighted by atomic mass is 19.1. The molecule has 0 radical (unpaired) electrons. The molecule has 1 atom stereocenters. The van der Waals surface area contributed by atoms with Crippen molar-refractivity contribution in [1.29, 1.82) is 0 Å². The molecule has 0 aliphatic carbocycles. The average Bonchev–Trinajstić information content (AvgIpc) is 2.43. The van der Waals surface area contributed by atoms with E-state index in [0.29, 0.717) is 6.42 Å². The van der Waals surface area contributed by atoms with E-state index < -0.39 is 5.97 Å². The monoisotopic (exact) mass is 276 g/mol. The average molecular weight is 276 g/mol. The number of benzene rings is 1. The Morgan fingerprint density at radius 1 is 1.30 bits per heavy atom. The van der Waals surface area contributed by atoms with Crippen molar-refractivity contribution in [3.05, 3.63) is 60.0 Å². The summed E-state index contributed by atoms with van der Waals surface area (Å²) in [5, 5.41) is 9.12. The summed E-state index contributed by atoms with van der Waals surface area (Å²) < 4.78 is 13.0. The lowest BCUT2D eigenvalue weighted by molar-refractivity contribution is -0.132. The molecule has 1 aromatic carbocycles. The van der Waals surface area contributed by atoms with Crippen LogP contribution in [0.4, 0.5) is 4.39 Å². The van der Waals surface area contributed by atoms with Crippen LogP contribution in [0.1, 0.15) is 44.1 Å². The largest absolute Gasteiger partial charge is 0.478 e. The van der Waals surface area contributed by atoms with Crippen LogP contribution in [0.3, 0.4) is 0 Å². The van der Waals surface area contributed by atoms with Crippen molar-refractivity contribution in [3.63, 3.8) is 0 Å². The van der Waals surface area contributed by atoms with Crippen molar-refractivity contribution < 1.29 is 14.3 Å². The molecular formula is C17H21FO2. The van der Waals surface area contributed by atoms with E-state index in [2.05, 4.69) is 25.7 Å². The second kappa shape index (κ2) is 8.31. The van der Waals surface area contributed by atoms with Crippen molar-refractivity contribution in [2.75, 3.05) is 0 Å². The highest BCUT2D eigenvalue weighted by molar-refractivity contribution is 5.87. The molecular weight excluding hydrogens is 255 g/mol. The van der Waals surface area contributed by atoms with E-state index in [-0.39, 0.29) is 17.3 Å². The molecule has 2 nitrogen and oxygen atoms in total. The Bertz CT molecular complexity index is 474. The van der Waals surface area contributed by atoms with Crippen LogP contribution in [0.2, 0.25) is 0 Å². The van der Waals surface area contributed by atoms with E-state index in [1.165, 1.54) is 12.1 Å². The number of carbonyl (C=O) groups is 1. The Balaban J connectivity index is 2.78. The third-order valence-corrected chi connectivity index (χ3v) is 3.21. The summed E-state index contributed by atoms with van der Waals surface area (Å²) in [7, 11) is 0. The van der Waals surface area contributed by atoms with E-state index in [4.69, 9.17) is 5.11 Å². The maximum absolute atomic E-state index is 13.0. The Morgan fingerprint density at radius 3 is 2.45 bits per heavy atom. The van der Waals surface area contributed by atoms with Gasteiger partial charge in [0.05, 0.1) is 0 Å². The fraction of sp³-hybridized carbons (Fsp3) is 0.353. The number of unbranched alkanes of at least 4 members (excludes halogenated alkanes) is 1. The predicted molar refractivity (Wildman–Crippen MR) is 79.2 cm³/mol. The maximum Gasteiger partial charge on any atom is 0.331 e. The molecule has 0 fully saturated rings. The van der Waals surface area contributed by atoms with Crippen LogP contribution in [-0.4, -0.2) is 11.1 Å². The summed E-state index contributed by atoms with van der Waals surface area (Å²) in [4.78, 5) is 11.1. The van der Waals surface area contributed by atoms with Gasteiger partial charge in [-0.1, -0.05) is 44.2 Å². The quantitative estimate of drug-likeness (QED) is 0.552. The lowest BCUT2D eigenvalue weighted by atomic mass is 9.88. The van der Waals surface area contributed by atoms with E-state index in [1.807, 2.05) is 0 Å². The number of aliphatic carboxylic acids is 1. The molecule has 1 rings (SSSR count). The van der Waals surface area contributed by atoms with Crippen LogP contribution in [0, 0.1) is 5.82 Å². The minimum atomic E-state index is -1.00. The van der Waals surface area contributed by atoms with E-state index >= 15 is 0 Å². The van der Waals surface area contributed by atoms with Gasteiger partial charge in [0.2, 0.25) is 0 Å². The zero-order valence-corrected chi connectivity index (χ0v) is 11.8. The first-order chi connectivity index (χ1) is 9.56. The highest BCUT2D eigenvalue weighted by Gasteiger charge is 2.19. The summed E-state index contributed by atoms with van der Waals surface area (Å²) in [6, 6.07) is 5.96. The van der Waals surface area contributed by atoms with E-state index in [9.17, 15) is 9.18 Å². The molecule has 0 bridgehead atoms. The number of hydrogen-bond donors (Lipinski definition) is 1. The van der Waals surface area contributed by atoms with Gasteiger partial charge in [0.15, 0.2) is 0 Å². The number of carboxylic acid groups (broad SMARTS) is 1. The Morgan fingerprint density at radius 2 is 1.90 bits per heavy atom. The molecule has 20 heavy (non-hydrogen) atoms. The lowest BCUT2D eigenvalue weighted by Crippen LogP contribution is -2.10. The lowest BCUT2D eigenvalue weighted by Gasteiger charge is -2.16. The van der Waals surface area contributed by atoms with E-state index in [0.717, 1.165) is 24.8 Å². The van der Waals surface area contributed by atoms with Gasteiger partial charge >= 0.3 is 5.97 Å². The number of halogens is 1. The second-order valence-electron chi connectivity index (χ2n) is 4.77. The summed E-state index contributed by atoms with van der Waals surface area (Å²) in [6.07, 6.45) is 7.74. The van der Waals surface area contributed by atoms with Crippen molar-refractivity contribution >= 4 is 5.97 Å². The molecule has 1 unspecified atom stereocenters. The summed E-state index contributed by atoms with van der Waals surface area (Å²) in [5.41, 5.74) is 0.947. The first kappa shape index (κ1) is 16.2. The first-order valence-electron chi connectivity index (χ1n) is 6.88. The number of allylic oxidation sites excluding steroid dienone is 2. The van der Waals surface area contributed by atoms with Gasteiger partial charge in [-0.2, -0.15) is 0 Å². The predicted octanol–water partition coefficient (Wildman–Crippen LogP) is 4.69. The smallest absolute Gasteiger partial charge is 0.331 e. The molecule has 0 saturated carbocycles. The van der Waals surface area contributed by atoms with Gasteiger partial charge in [-0.05, 0) is 37.0 Å². The molecule has 0 heterocycles. The molecule has 0 aromatic heterocycles. The fourth-order valence-electron chi connectivity index (χ4n) is 2.05. The molecule has 0 aliphatic heterocycles. The second-order valence-corrected chi connectivity index (χ2v) is 4.77. The molecule has 3 heteroatoms. The topological polar surface area (TPSA) is 37.3 Å². The van der Waals surface area contributed by atoms with Crippen molar-refractivity contribution in [2.24, 2.45) is 0 Å². The number of carboxylic acids is 1. The third kappa shape index (κ3) is 5.00. The SMILES string of the molecule is C=C(C(=O)O)C(CCC=CCCC)c1ccc(F)cc1. The number of rotatable bonds is 8. The minimum Gasteiger partial charge on any atom is -0.478 e. The maximum atomic E-state index is 13.0. The standard InChI is InChI=1S/C17H21FO2/c1-3-4-5-6-7-8-16(13(2)17(19)20)14-9-11-15(18)12-10-14/h5-6,9-12,16H,2-4,7-8H2,1H3,(H,19,20). The Labute approximate surface area is 119 Å². The van der Waals surface area contributed by atoms with Gasteiger partial charge in [0, 0.05) is 11.5 Å². The van der Waals surface area contributed by atoms with Gasteiger partial charge in [-0.25, -0.2) is 9.18 Å². The molecule has 0 aliphatic rings. The van der Waals surface area contributed by atoms with Crippen LogP contribution in [0.5, 0.6) is 0 Å². The van der Waals surface area contributed by atoms with Gasteiger partial charge in [-0.3, -0.25) is 0 Å². The van der Waals surface area contributed by atoms with Gasteiger partial charge in [0.1, 0.15) is 5.82 Å². The molecule has 0 saturated heterocycles. The highest BCUT2D eigenvalue weighted by Crippen LogP contribution is 2.28. The van der Waals surface area contributed by atoms with Gasteiger partial charge in [0.25, 0.3) is 0 Å². The third-order valence-electron chi connectivity index (χ3n) is 3.21. The number of hydrogen-bond acceptors (Lipinski definition) is 1. The molecule has 108 valence electrons. The summed E-state index contributed by atoms with van der Waals surface area (Å²) >= 11 is 0. The van der Waals surface area contributed by atoms with Crippen LogP contribution in [-0.2, 0) is 4.79 Å². The normalized spacial score (nSPS) is 12.5. The van der Waals surface area contributed by atoms with Crippen molar-refractivity contribution in [1.82, 2.24) is 0 Å². The Kier molecular flexibility index (Phi) is 6.71. The molecule has 1 aromatic rings. The zero-order chi connectivity index (χ0) is 15.0.